The predicted molar refractivity (Wildman–Crippen MR) is 12.2 cm³/mol. The van der Waals surface area contributed by atoms with Crippen LogP contribution in [0.5, 0.6) is 0 Å². The molecule has 4 heavy (non-hydrogen) atoms. The standard InChI is InChI=1S/In.O.Ru.Sn. The number of rotatable bonds is 0. The number of hydrogen-bond acceptors (Lipinski definition) is 1. The minimum atomic E-state index is 0. The van der Waals surface area contributed by atoms with Crippen LogP contribution in [0.25, 0.3) is 0 Å². The SMILES string of the molecule is [In].[O]=[Sn].[Ru]. The van der Waals surface area contributed by atoms with Crippen molar-refractivity contribution >= 4 is 48.4 Å². The fraction of sp³-hybridized carbons (Fsp3) is 0. The minimum Gasteiger partial charge on any atom is 0 e. The molecule has 0 saturated heterocycles. The Morgan fingerprint density at radius 3 is 1.25 bits per heavy atom. The summed E-state index contributed by atoms with van der Waals surface area (Å²) in [5.41, 5.74) is 0. The summed E-state index contributed by atoms with van der Waals surface area (Å²) in [7, 11) is 0. The van der Waals surface area contributed by atoms with Gasteiger partial charge in [-0.2, -0.15) is 0 Å². The van der Waals surface area contributed by atoms with Gasteiger partial charge < -0.3 is 0 Å². The van der Waals surface area contributed by atoms with Gasteiger partial charge in [0.2, 0.25) is 0 Å². The van der Waals surface area contributed by atoms with Crippen molar-refractivity contribution in [2.24, 2.45) is 0 Å². The van der Waals surface area contributed by atoms with Crippen molar-refractivity contribution in [1.29, 1.82) is 0 Å². The van der Waals surface area contributed by atoms with Crippen molar-refractivity contribution in [3.05, 3.63) is 0 Å². The van der Waals surface area contributed by atoms with E-state index in [2.05, 4.69) is 0 Å². The van der Waals surface area contributed by atoms with E-state index in [1.807, 2.05) is 0 Å². The summed E-state index contributed by atoms with van der Waals surface area (Å²) in [6, 6.07) is 0. The Kier molecular flexibility index (Phi) is 80.5. The Morgan fingerprint density at radius 2 is 1.25 bits per heavy atom. The molecule has 5 radical (unpaired) electrons. The maximum atomic E-state index is 8.34. The summed E-state index contributed by atoms with van der Waals surface area (Å²) in [5.74, 6) is 0. The topological polar surface area (TPSA) is 17.1 Å². The van der Waals surface area contributed by atoms with Crippen LogP contribution in [0.4, 0.5) is 0 Å². The molecule has 1 nitrogen and oxygen atoms in total. The Labute approximate surface area is 69.9 Å². The summed E-state index contributed by atoms with van der Waals surface area (Å²) in [4.78, 5) is 0. The van der Waals surface area contributed by atoms with Gasteiger partial charge in [-0.3, -0.25) is 0 Å². The van der Waals surface area contributed by atoms with Crippen molar-refractivity contribution in [1.82, 2.24) is 0 Å². The van der Waals surface area contributed by atoms with E-state index in [1.165, 1.54) is 0 Å². The van der Waals surface area contributed by atoms with Gasteiger partial charge in [0.05, 0.1) is 0 Å². The first-order chi connectivity index (χ1) is 1.00. The molecule has 0 aliphatic carbocycles. The van der Waals surface area contributed by atoms with Gasteiger partial charge >= 0.3 is 25.6 Å². The molecule has 0 unspecified atom stereocenters. The maximum absolute atomic E-state index is 8.34. The average molecular weight is 351 g/mol. The summed E-state index contributed by atoms with van der Waals surface area (Å²) in [6.45, 7) is 0. The predicted octanol–water partition coefficient (Wildman–Crippen LogP) is -0.883. The molecule has 0 aromatic carbocycles. The second kappa shape index (κ2) is 19.5. The largest absolute Gasteiger partial charge is 0 e. The molecule has 0 aliphatic rings. The third kappa shape index (κ3) is 8.94. The minimum absolute atomic E-state index is 0. The summed E-state index contributed by atoms with van der Waals surface area (Å²) in [5, 5.41) is 0. The zero-order valence-electron chi connectivity index (χ0n) is 1.84. The van der Waals surface area contributed by atoms with Crippen molar-refractivity contribution in [2.45, 2.75) is 0 Å². The zero-order valence-corrected chi connectivity index (χ0v) is 9.73. The average Bonchev–Trinajstić information content (AvgIpc) is 1.00. The summed E-state index contributed by atoms with van der Waals surface area (Å²) in [6.07, 6.45) is 0. The molecule has 21 valence electrons. The van der Waals surface area contributed by atoms with E-state index in [-0.39, 0.29) is 45.3 Å². The van der Waals surface area contributed by atoms with Gasteiger partial charge in [-0.05, 0) is 0 Å². The maximum Gasteiger partial charge on any atom is 0 e. The van der Waals surface area contributed by atoms with Gasteiger partial charge in [-0.15, -0.1) is 0 Å². The van der Waals surface area contributed by atoms with Gasteiger partial charge in [-0.1, -0.05) is 0 Å². The molecule has 0 aromatic heterocycles. The van der Waals surface area contributed by atoms with E-state index in [1.54, 1.807) is 0 Å². The van der Waals surface area contributed by atoms with Crippen LogP contribution in [0.3, 0.4) is 0 Å². The monoisotopic (exact) mass is 353 g/mol. The van der Waals surface area contributed by atoms with Crippen LogP contribution in [0.2, 0.25) is 0 Å². The third-order valence-electron chi connectivity index (χ3n) is 0. The Balaban J connectivity index is -0.00000000500. The molecule has 0 atom stereocenters. The fourth-order valence-corrected chi connectivity index (χ4v) is 0. The molecule has 0 bridgehead atoms. The van der Waals surface area contributed by atoms with Crippen molar-refractivity contribution in [3.63, 3.8) is 0 Å². The molecule has 0 saturated carbocycles. The van der Waals surface area contributed by atoms with Gasteiger partial charge in [0.25, 0.3) is 0 Å². The molecular formula is InORuSn. The van der Waals surface area contributed by atoms with Crippen molar-refractivity contribution in [2.75, 3.05) is 0 Å². The van der Waals surface area contributed by atoms with E-state index in [0.29, 0.717) is 22.5 Å². The van der Waals surface area contributed by atoms with Crippen LogP contribution in [0, 0.1) is 0 Å². The molecule has 0 fully saturated rings. The van der Waals surface area contributed by atoms with Crippen LogP contribution >= 0.6 is 0 Å². The molecule has 0 N–H and O–H groups in total. The van der Waals surface area contributed by atoms with Gasteiger partial charge in [-0.25, -0.2) is 0 Å². The third-order valence-corrected chi connectivity index (χ3v) is 0. The zero-order chi connectivity index (χ0) is 2.00. The second-order valence-corrected chi connectivity index (χ2v) is 0. The van der Waals surface area contributed by atoms with Crippen LogP contribution in [-0.4, -0.2) is 48.4 Å². The summed E-state index contributed by atoms with van der Waals surface area (Å²) >= 11 is 0.300. The molecule has 0 heterocycles. The quantitative estimate of drug-likeness (QED) is 0.519. The second-order valence-electron chi connectivity index (χ2n) is 0. The van der Waals surface area contributed by atoms with E-state index < -0.39 is 0 Å². The smallest absolute Gasteiger partial charge is 0 e. The first kappa shape index (κ1) is 16.5. The van der Waals surface area contributed by atoms with E-state index >= 15 is 0 Å². The molecule has 0 amide bonds. The van der Waals surface area contributed by atoms with Crippen molar-refractivity contribution < 1.29 is 22.6 Å². The van der Waals surface area contributed by atoms with E-state index in [4.69, 9.17) is 3.08 Å². The molecule has 0 aliphatic heterocycles. The Bertz CT molecular complexity index is 8.00. The fourth-order valence-electron chi connectivity index (χ4n) is 0. The van der Waals surface area contributed by atoms with Crippen LogP contribution in [0.15, 0.2) is 0 Å². The van der Waals surface area contributed by atoms with Crippen LogP contribution < -0.4 is 0 Å². The van der Waals surface area contributed by atoms with Crippen LogP contribution in [0.1, 0.15) is 0 Å². The summed E-state index contributed by atoms with van der Waals surface area (Å²) < 4.78 is 8.34. The van der Waals surface area contributed by atoms with Crippen molar-refractivity contribution in [3.8, 4) is 0 Å². The molecule has 0 rings (SSSR count). The molecule has 0 spiro atoms. The van der Waals surface area contributed by atoms with Gasteiger partial charge in [0.1, 0.15) is 0 Å². The van der Waals surface area contributed by atoms with Gasteiger partial charge in [0, 0.05) is 45.3 Å². The molecule has 0 aromatic rings. The van der Waals surface area contributed by atoms with E-state index in [0.717, 1.165) is 0 Å². The van der Waals surface area contributed by atoms with Crippen LogP contribution in [-0.2, 0) is 22.6 Å². The normalized spacial score (nSPS) is 1.00. The number of hydrogen-bond donors (Lipinski definition) is 0. The Morgan fingerprint density at radius 1 is 1.25 bits per heavy atom. The Hall–Kier alpha value is 2.09. The van der Waals surface area contributed by atoms with Gasteiger partial charge in [0.15, 0.2) is 0 Å². The molecular weight excluding hydrogens is 351 g/mol. The first-order valence-corrected chi connectivity index (χ1v) is 1.37. The van der Waals surface area contributed by atoms with E-state index in [9.17, 15) is 0 Å². The molecule has 4 heteroatoms. The first-order valence-electron chi connectivity index (χ1n) is 0.204.